The highest BCUT2D eigenvalue weighted by Crippen LogP contribution is 2.48. The van der Waals surface area contributed by atoms with E-state index in [1.54, 1.807) is 12.1 Å². The Balaban J connectivity index is 1.87. The predicted octanol–water partition coefficient (Wildman–Crippen LogP) is 3.31. The monoisotopic (exact) mass is 343 g/mol. The number of rotatable bonds is 3. The summed E-state index contributed by atoms with van der Waals surface area (Å²) in [7, 11) is -3.25. The maximum absolute atomic E-state index is 12.8. The van der Waals surface area contributed by atoms with E-state index in [2.05, 4.69) is 13.8 Å². The minimum atomic E-state index is -3.25. The summed E-state index contributed by atoms with van der Waals surface area (Å²) >= 11 is 0. The quantitative estimate of drug-likeness (QED) is 0.859. The van der Waals surface area contributed by atoms with E-state index in [4.69, 9.17) is 0 Å². The molecule has 0 bridgehead atoms. The lowest BCUT2D eigenvalue weighted by atomic mass is 9.71. The Morgan fingerprint density at radius 1 is 1.04 bits per heavy atom. The van der Waals surface area contributed by atoms with Crippen molar-refractivity contribution in [2.45, 2.75) is 24.8 Å². The van der Waals surface area contributed by atoms with Crippen LogP contribution in [0.5, 0.6) is 0 Å². The summed E-state index contributed by atoms with van der Waals surface area (Å²) in [5.41, 5.74) is 1.65. The second-order valence-corrected chi connectivity index (χ2v) is 9.05. The van der Waals surface area contributed by atoms with Crippen molar-refractivity contribution >= 4 is 15.7 Å². The predicted molar refractivity (Wildman–Crippen MR) is 93.6 cm³/mol. The minimum Gasteiger partial charge on any atom is -0.330 e. The fourth-order valence-electron chi connectivity index (χ4n) is 3.39. The highest BCUT2D eigenvalue weighted by atomic mass is 32.2. The zero-order valence-electron chi connectivity index (χ0n) is 14.1. The van der Waals surface area contributed by atoms with Crippen molar-refractivity contribution in [2.24, 2.45) is 5.41 Å². The van der Waals surface area contributed by atoms with Crippen LogP contribution in [0.25, 0.3) is 0 Å². The van der Waals surface area contributed by atoms with Crippen molar-refractivity contribution in [2.75, 3.05) is 12.8 Å². The van der Waals surface area contributed by atoms with Gasteiger partial charge in [-0.2, -0.15) is 0 Å². The van der Waals surface area contributed by atoms with Crippen LogP contribution in [0.15, 0.2) is 59.5 Å². The first-order valence-electron chi connectivity index (χ1n) is 7.86. The molecule has 1 aliphatic heterocycles. The van der Waals surface area contributed by atoms with Crippen molar-refractivity contribution in [3.8, 4) is 0 Å². The van der Waals surface area contributed by atoms with Gasteiger partial charge in [0, 0.05) is 23.8 Å². The maximum atomic E-state index is 12.8. The van der Waals surface area contributed by atoms with E-state index < -0.39 is 9.84 Å². The Morgan fingerprint density at radius 3 is 2.12 bits per heavy atom. The average Bonchev–Trinajstić information content (AvgIpc) is 2.52. The molecule has 3 rings (SSSR count). The van der Waals surface area contributed by atoms with Gasteiger partial charge in [-0.1, -0.05) is 44.2 Å². The Bertz CT molecular complexity index is 855. The van der Waals surface area contributed by atoms with E-state index in [0.717, 1.165) is 11.8 Å². The Hall–Kier alpha value is -2.14. The number of amides is 1. The lowest BCUT2D eigenvalue weighted by molar-refractivity contribution is -0.0322. The molecule has 24 heavy (non-hydrogen) atoms. The van der Waals surface area contributed by atoms with Crippen LogP contribution in [-0.4, -0.2) is 32.0 Å². The van der Waals surface area contributed by atoms with Gasteiger partial charge in [-0.05, 0) is 29.8 Å². The molecule has 1 heterocycles. The standard InChI is InChI=1S/C19H21NO3S/c1-19(2)13-20(17(19)14-7-5-4-6-8-14)18(21)15-9-11-16(12-10-15)24(3,22)23/h4-12,17H,13H2,1-3H3/t17-/m1/s1. The van der Waals surface area contributed by atoms with Crippen LogP contribution in [0.4, 0.5) is 0 Å². The third-order valence-corrected chi connectivity index (χ3v) is 5.66. The zero-order chi connectivity index (χ0) is 17.5. The summed E-state index contributed by atoms with van der Waals surface area (Å²) in [6, 6.07) is 16.2. The number of benzene rings is 2. The van der Waals surface area contributed by atoms with Crippen LogP contribution in [-0.2, 0) is 9.84 Å². The number of hydrogen-bond acceptors (Lipinski definition) is 3. The Morgan fingerprint density at radius 2 is 1.62 bits per heavy atom. The number of sulfone groups is 1. The first-order chi connectivity index (χ1) is 11.2. The SMILES string of the molecule is CC1(C)CN(C(=O)c2ccc(S(C)(=O)=O)cc2)[C@@H]1c1ccccc1. The molecule has 0 spiro atoms. The fraction of sp³-hybridized carbons (Fsp3) is 0.316. The smallest absolute Gasteiger partial charge is 0.254 e. The third-order valence-electron chi connectivity index (χ3n) is 4.54. The molecular formula is C19H21NO3S. The van der Waals surface area contributed by atoms with E-state index in [0.29, 0.717) is 12.1 Å². The van der Waals surface area contributed by atoms with Crippen LogP contribution in [0.3, 0.4) is 0 Å². The zero-order valence-corrected chi connectivity index (χ0v) is 14.9. The first-order valence-corrected chi connectivity index (χ1v) is 9.75. The lowest BCUT2D eigenvalue weighted by Gasteiger charge is -2.54. The van der Waals surface area contributed by atoms with Gasteiger partial charge < -0.3 is 4.90 Å². The molecule has 126 valence electrons. The number of nitrogens with zero attached hydrogens (tertiary/aromatic N) is 1. The maximum Gasteiger partial charge on any atom is 0.254 e. The summed E-state index contributed by atoms with van der Waals surface area (Å²) in [4.78, 5) is 14.9. The van der Waals surface area contributed by atoms with Crippen molar-refractivity contribution in [3.05, 3.63) is 65.7 Å². The van der Waals surface area contributed by atoms with E-state index in [-0.39, 0.29) is 22.3 Å². The van der Waals surface area contributed by atoms with Crippen molar-refractivity contribution < 1.29 is 13.2 Å². The molecule has 4 nitrogen and oxygen atoms in total. The highest BCUT2D eigenvalue weighted by Gasteiger charge is 2.48. The summed E-state index contributed by atoms with van der Waals surface area (Å²) in [5.74, 6) is -0.0665. The molecule has 0 N–H and O–H groups in total. The summed E-state index contributed by atoms with van der Waals surface area (Å²) < 4.78 is 23.1. The first kappa shape index (κ1) is 16.7. The number of carbonyl (C=O) groups excluding carboxylic acids is 1. The molecule has 2 aromatic rings. The molecule has 0 unspecified atom stereocenters. The highest BCUT2D eigenvalue weighted by molar-refractivity contribution is 7.90. The van der Waals surface area contributed by atoms with Crippen LogP contribution in [0.2, 0.25) is 0 Å². The van der Waals surface area contributed by atoms with Gasteiger partial charge in [-0.15, -0.1) is 0 Å². The van der Waals surface area contributed by atoms with Gasteiger partial charge in [-0.25, -0.2) is 8.42 Å². The summed E-state index contributed by atoms with van der Waals surface area (Å²) in [6.07, 6.45) is 1.16. The molecule has 1 fully saturated rings. The molecule has 0 radical (unpaired) electrons. The van der Waals surface area contributed by atoms with E-state index in [1.165, 1.54) is 12.1 Å². The van der Waals surface area contributed by atoms with Gasteiger partial charge in [0.05, 0.1) is 10.9 Å². The molecule has 2 aromatic carbocycles. The van der Waals surface area contributed by atoms with E-state index >= 15 is 0 Å². The molecular weight excluding hydrogens is 322 g/mol. The third kappa shape index (κ3) is 2.96. The largest absolute Gasteiger partial charge is 0.330 e. The van der Waals surface area contributed by atoms with Crippen molar-refractivity contribution in [1.29, 1.82) is 0 Å². The number of likely N-dealkylation sites (tertiary alicyclic amines) is 1. The number of hydrogen-bond donors (Lipinski definition) is 0. The van der Waals surface area contributed by atoms with Crippen LogP contribution in [0, 0.1) is 5.41 Å². The van der Waals surface area contributed by atoms with Gasteiger partial charge in [0.2, 0.25) is 0 Å². The Labute approximate surface area is 143 Å². The van der Waals surface area contributed by atoms with Gasteiger partial charge in [0.15, 0.2) is 9.84 Å². The van der Waals surface area contributed by atoms with E-state index in [1.807, 2.05) is 35.2 Å². The van der Waals surface area contributed by atoms with Crippen LogP contribution >= 0.6 is 0 Å². The molecule has 1 saturated heterocycles. The summed E-state index contributed by atoms with van der Waals surface area (Å²) in [5, 5.41) is 0. The second-order valence-electron chi connectivity index (χ2n) is 7.03. The molecule has 1 amide bonds. The molecule has 1 atom stereocenters. The second kappa shape index (κ2) is 5.74. The van der Waals surface area contributed by atoms with Crippen molar-refractivity contribution in [3.63, 3.8) is 0 Å². The van der Waals surface area contributed by atoms with Crippen LogP contribution < -0.4 is 0 Å². The normalized spacial score (nSPS) is 19.6. The fourth-order valence-corrected chi connectivity index (χ4v) is 4.02. The molecule has 0 saturated carbocycles. The topological polar surface area (TPSA) is 54.5 Å². The molecule has 0 aromatic heterocycles. The number of carbonyl (C=O) groups is 1. The molecule has 0 aliphatic carbocycles. The summed E-state index contributed by atoms with van der Waals surface area (Å²) in [6.45, 7) is 4.99. The molecule has 1 aliphatic rings. The van der Waals surface area contributed by atoms with Gasteiger partial charge in [0.25, 0.3) is 5.91 Å². The van der Waals surface area contributed by atoms with Crippen molar-refractivity contribution in [1.82, 2.24) is 4.90 Å². The van der Waals surface area contributed by atoms with Crippen LogP contribution in [0.1, 0.15) is 35.8 Å². The van der Waals surface area contributed by atoms with Gasteiger partial charge >= 0.3 is 0 Å². The molecule has 5 heteroatoms. The lowest BCUT2D eigenvalue weighted by Crippen LogP contribution is -2.57. The minimum absolute atomic E-state index is 0.0176. The van der Waals surface area contributed by atoms with E-state index in [9.17, 15) is 13.2 Å². The van der Waals surface area contributed by atoms with Gasteiger partial charge in [0.1, 0.15) is 0 Å². The Kier molecular flexibility index (Phi) is 4.00. The van der Waals surface area contributed by atoms with Gasteiger partial charge in [-0.3, -0.25) is 4.79 Å². The average molecular weight is 343 g/mol.